The molecule has 1 heterocycles. The van der Waals surface area contributed by atoms with Gasteiger partial charge in [0.15, 0.2) is 0 Å². The van der Waals surface area contributed by atoms with Crippen LogP contribution < -0.4 is 0 Å². The monoisotopic (exact) mass is 243 g/mol. The molecule has 0 saturated carbocycles. The van der Waals surface area contributed by atoms with Gasteiger partial charge in [-0.05, 0) is 37.2 Å². The summed E-state index contributed by atoms with van der Waals surface area (Å²) in [5, 5.41) is 10.8. The first kappa shape index (κ1) is 11.8. The van der Waals surface area contributed by atoms with Gasteiger partial charge in [-0.2, -0.15) is 0 Å². The molecule has 1 unspecified atom stereocenters. The lowest BCUT2D eigenvalue weighted by Crippen LogP contribution is -2.34. The van der Waals surface area contributed by atoms with E-state index in [9.17, 15) is 9.50 Å². The lowest BCUT2D eigenvalue weighted by Gasteiger charge is -2.22. The van der Waals surface area contributed by atoms with Gasteiger partial charge in [0.25, 0.3) is 0 Å². The van der Waals surface area contributed by atoms with Gasteiger partial charge in [-0.1, -0.05) is 11.6 Å². The van der Waals surface area contributed by atoms with Crippen LogP contribution in [-0.2, 0) is 6.42 Å². The Bertz CT molecular complexity index is 399. The minimum absolute atomic E-state index is 0.299. The first-order valence-corrected chi connectivity index (χ1v) is 5.71. The summed E-state index contributed by atoms with van der Waals surface area (Å²) >= 11 is 5.82. The number of β-amino-alcohol motifs (C(OH)–C–C–N with tert-alkyl or cyclic N) is 1. The molecule has 1 N–H and O–H groups in total. The zero-order valence-corrected chi connectivity index (χ0v) is 9.97. The average Bonchev–Trinajstić information content (AvgIpc) is 2.52. The second kappa shape index (κ2) is 4.32. The molecule has 4 heteroatoms. The van der Waals surface area contributed by atoms with E-state index in [1.54, 1.807) is 6.07 Å². The minimum Gasteiger partial charge on any atom is -0.388 e. The summed E-state index contributed by atoms with van der Waals surface area (Å²) in [5.74, 6) is -0.299. The molecule has 0 radical (unpaired) electrons. The SMILES string of the molecule is CN1CCC(O)(Cc2cc(Cl)ccc2F)C1. The van der Waals surface area contributed by atoms with Crippen LogP contribution in [0.5, 0.6) is 0 Å². The van der Waals surface area contributed by atoms with Crippen molar-refractivity contribution in [3.8, 4) is 0 Å². The van der Waals surface area contributed by atoms with E-state index in [0.29, 0.717) is 30.0 Å². The molecule has 16 heavy (non-hydrogen) atoms. The third-order valence-electron chi connectivity index (χ3n) is 3.05. The topological polar surface area (TPSA) is 23.5 Å². The molecule has 2 nitrogen and oxygen atoms in total. The van der Waals surface area contributed by atoms with Gasteiger partial charge >= 0.3 is 0 Å². The summed E-state index contributed by atoms with van der Waals surface area (Å²) < 4.78 is 13.5. The summed E-state index contributed by atoms with van der Waals surface area (Å²) in [6.45, 7) is 1.43. The lowest BCUT2D eigenvalue weighted by molar-refractivity contribution is 0.0515. The number of likely N-dealkylation sites (tertiary alicyclic amines) is 1. The molecular formula is C12H15ClFNO. The highest BCUT2D eigenvalue weighted by atomic mass is 35.5. The van der Waals surface area contributed by atoms with E-state index in [-0.39, 0.29) is 5.82 Å². The van der Waals surface area contributed by atoms with Crippen molar-refractivity contribution in [2.75, 3.05) is 20.1 Å². The minimum atomic E-state index is -0.819. The van der Waals surface area contributed by atoms with E-state index < -0.39 is 5.60 Å². The number of nitrogens with zero attached hydrogens (tertiary/aromatic N) is 1. The van der Waals surface area contributed by atoms with Crippen molar-refractivity contribution in [1.82, 2.24) is 4.90 Å². The largest absolute Gasteiger partial charge is 0.388 e. The number of rotatable bonds is 2. The van der Waals surface area contributed by atoms with Crippen molar-refractivity contribution >= 4 is 11.6 Å². The maximum absolute atomic E-state index is 13.5. The number of halogens is 2. The Balaban J connectivity index is 2.17. The Morgan fingerprint density at radius 3 is 2.94 bits per heavy atom. The van der Waals surface area contributed by atoms with E-state index in [0.717, 1.165) is 6.54 Å². The zero-order chi connectivity index (χ0) is 11.8. The van der Waals surface area contributed by atoms with Crippen LogP contribution in [0.15, 0.2) is 18.2 Å². The second-order valence-electron chi connectivity index (χ2n) is 4.62. The normalized spacial score (nSPS) is 26.2. The first-order valence-electron chi connectivity index (χ1n) is 5.33. The lowest BCUT2D eigenvalue weighted by atomic mass is 9.93. The molecule has 88 valence electrons. The Morgan fingerprint density at radius 2 is 2.31 bits per heavy atom. The molecule has 0 amide bonds. The first-order chi connectivity index (χ1) is 7.48. The van der Waals surface area contributed by atoms with Gasteiger partial charge in [-0.3, -0.25) is 0 Å². The smallest absolute Gasteiger partial charge is 0.126 e. The molecule has 0 aliphatic carbocycles. The fourth-order valence-electron chi connectivity index (χ4n) is 2.24. The third kappa shape index (κ3) is 2.54. The summed E-state index contributed by atoms with van der Waals surface area (Å²) in [4.78, 5) is 2.04. The van der Waals surface area contributed by atoms with Crippen molar-refractivity contribution in [3.63, 3.8) is 0 Å². The quantitative estimate of drug-likeness (QED) is 0.860. The van der Waals surface area contributed by atoms with Crippen LogP contribution in [0, 0.1) is 5.82 Å². The fraction of sp³-hybridized carbons (Fsp3) is 0.500. The van der Waals surface area contributed by atoms with E-state index in [2.05, 4.69) is 0 Å². The van der Waals surface area contributed by atoms with Crippen LogP contribution in [-0.4, -0.2) is 35.7 Å². The fourth-order valence-corrected chi connectivity index (χ4v) is 2.43. The van der Waals surface area contributed by atoms with Crippen LogP contribution in [0.25, 0.3) is 0 Å². The molecule has 1 atom stereocenters. The van der Waals surface area contributed by atoms with Crippen LogP contribution in [0.1, 0.15) is 12.0 Å². The molecule has 0 spiro atoms. The maximum atomic E-state index is 13.5. The van der Waals surface area contributed by atoms with E-state index >= 15 is 0 Å². The highest BCUT2D eigenvalue weighted by Gasteiger charge is 2.35. The number of hydrogen-bond donors (Lipinski definition) is 1. The Kier molecular flexibility index (Phi) is 3.19. The number of benzene rings is 1. The van der Waals surface area contributed by atoms with Crippen LogP contribution >= 0.6 is 11.6 Å². The van der Waals surface area contributed by atoms with Gasteiger partial charge in [-0.25, -0.2) is 4.39 Å². The molecule has 2 rings (SSSR count). The standard InChI is InChI=1S/C12H15ClFNO/c1-15-5-4-12(16,8-15)7-9-6-10(13)2-3-11(9)14/h2-3,6,16H,4-5,7-8H2,1H3. The molecular weight excluding hydrogens is 229 g/mol. The van der Waals surface area contributed by atoms with Crippen LogP contribution in [0.2, 0.25) is 5.02 Å². The Hall–Kier alpha value is -0.640. The summed E-state index contributed by atoms with van der Waals surface area (Å²) in [6, 6.07) is 4.46. The van der Waals surface area contributed by atoms with Gasteiger partial charge in [0.2, 0.25) is 0 Å². The van der Waals surface area contributed by atoms with E-state index in [1.807, 2.05) is 11.9 Å². The average molecular weight is 244 g/mol. The molecule has 1 fully saturated rings. The highest BCUT2D eigenvalue weighted by Crippen LogP contribution is 2.26. The summed E-state index contributed by atoms with van der Waals surface area (Å²) in [6.07, 6.45) is 0.999. The molecule has 1 aliphatic rings. The van der Waals surface area contributed by atoms with E-state index in [1.165, 1.54) is 12.1 Å². The van der Waals surface area contributed by atoms with Gasteiger partial charge in [-0.15, -0.1) is 0 Å². The van der Waals surface area contributed by atoms with Crippen LogP contribution in [0.4, 0.5) is 4.39 Å². The second-order valence-corrected chi connectivity index (χ2v) is 5.06. The maximum Gasteiger partial charge on any atom is 0.126 e. The van der Waals surface area contributed by atoms with Crippen molar-refractivity contribution in [3.05, 3.63) is 34.6 Å². The predicted octanol–water partition coefficient (Wildman–Crippen LogP) is 2.09. The van der Waals surface area contributed by atoms with E-state index in [4.69, 9.17) is 11.6 Å². The van der Waals surface area contributed by atoms with Gasteiger partial charge in [0.1, 0.15) is 5.82 Å². The van der Waals surface area contributed by atoms with Crippen molar-refractivity contribution in [2.24, 2.45) is 0 Å². The number of hydrogen-bond acceptors (Lipinski definition) is 2. The number of aliphatic hydroxyl groups is 1. The number of likely N-dealkylation sites (N-methyl/N-ethyl adjacent to an activating group) is 1. The van der Waals surface area contributed by atoms with Crippen molar-refractivity contribution in [1.29, 1.82) is 0 Å². The molecule has 0 aromatic heterocycles. The Labute approximate surface area is 99.6 Å². The van der Waals surface area contributed by atoms with Crippen LogP contribution in [0.3, 0.4) is 0 Å². The van der Waals surface area contributed by atoms with Crippen molar-refractivity contribution in [2.45, 2.75) is 18.4 Å². The Morgan fingerprint density at radius 1 is 1.56 bits per heavy atom. The molecule has 1 aliphatic heterocycles. The van der Waals surface area contributed by atoms with Gasteiger partial charge in [0.05, 0.1) is 5.60 Å². The molecule has 0 bridgehead atoms. The molecule has 1 aromatic rings. The van der Waals surface area contributed by atoms with Gasteiger partial charge < -0.3 is 10.0 Å². The third-order valence-corrected chi connectivity index (χ3v) is 3.29. The zero-order valence-electron chi connectivity index (χ0n) is 9.21. The van der Waals surface area contributed by atoms with Gasteiger partial charge in [0, 0.05) is 24.5 Å². The summed E-state index contributed by atoms with van der Waals surface area (Å²) in [5.41, 5.74) is -0.328. The van der Waals surface area contributed by atoms with Crippen molar-refractivity contribution < 1.29 is 9.50 Å². The molecule has 1 aromatic carbocycles. The predicted molar refractivity (Wildman–Crippen MR) is 62.2 cm³/mol. The highest BCUT2D eigenvalue weighted by molar-refractivity contribution is 6.30. The summed E-state index contributed by atoms with van der Waals surface area (Å²) in [7, 11) is 1.95. The molecule has 1 saturated heterocycles.